The molecule has 0 fully saturated rings. The highest BCUT2D eigenvalue weighted by Crippen LogP contribution is 2.10. The summed E-state index contributed by atoms with van der Waals surface area (Å²) in [6.07, 6.45) is 4.13. The van der Waals surface area contributed by atoms with E-state index in [1.165, 1.54) is 5.56 Å². The summed E-state index contributed by atoms with van der Waals surface area (Å²) in [7, 11) is 0. The van der Waals surface area contributed by atoms with Gasteiger partial charge in [0.1, 0.15) is 0 Å². The van der Waals surface area contributed by atoms with Crippen molar-refractivity contribution >= 4 is 21.8 Å². The topological polar surface area (TPSA) is 57.8 Å². The molecule has 5 heteroatoms. The van der Waals surface area contributed by atoms with Gasteiger partial charge >= 0.3 is 0 Å². The normalized spacial score (nSPS) is 10.5. The SMILES string of the molecule is Cc1[nH]ncc1CCCNC(=O)Cc1ccc(Br)cc1. The van der Waals surface area contributed by atoms with E-state index in [4.69, 9.17) is 0 Å². The molecule has 0 bridgehead atoms. The molecule has 1 aromatic heterocycles. The Balaban J connectivity index is 1.68. The number of aromatic nitrogens is 2. The van der Waals surface area contributed by atoms with Gasteiger partial charge in [0.25, 0.3) is 0 Å². The molecule has 0 spiro atoms. The van der Waals surface area contributed by atoms with Crippen LogP contribution < -0.4 is 5.32 Å². The van der Waals surface area contributed by atoms with Crippen LogP contribution in [0.25, 0.3) is 0 Å². The maximum atomic E-state index is 11.8. The van der Waals surface area contributed by atoms with Gasteiger partial charge in [-0.2, -0.15) is 5.10 Å². The van der Waals surface area contributed by atoms with E-state index in [9.17, 15) is 4.79 Å². The molecule has 106 valence electrons. The van der Waals surface area contributed by atoms with Crippen LogP contribution in [0, 0.1) is 6.92 Å². The summed E-state index contributed by atoms with van der Waals surface area (Å²) < 4.78 is 1.03. The Morgan fingerprint density at radius 2 is 2.10 bits per heavy atom. The second-order valence-electron chi connectivity index (χ2n) is 4.78. The molecule has 0 aliphatic rings. The van der Waals surface area contributed by atoms with Crippen LogP contribution in [0.15, 0.2) is 34.9 Å². The Kier molecular flexibility index (Phi) is 5.35. The Labute approximate surface area is 127 Å². The molecule has 0 saturated heterocycles. The number of hydrogen-bond donors (Lipinski definition) is 2. The molecule has 1 amide bonds. The highest BCUT2D eigenvalue weighted by atomic mass is 79.9. The molecule has 0 atom stereocenters. The first-order valence-corrected chi connectivity index (χ1v) is 7.44. The number of hydrogen-bond acceptors (Lipinski definition) is 2. The van der Waals surface area contributed by atoms with E-state index in [1.54, 1.807) is 0 Å². The summed E-state index contributed by atoms with van der Waals surface area (Å²) in [5, 5.41) is 9.84. The number of benzene rings is 1. The quantitative estimate of drug-likeness (QED) is 0.797. The molecular formula is C15H18BrN3O. The van der Waals surface area contributed by atoms with Crippen molar-refractivity contribution in [3.8, 4) is 0 Å². The third-order valence-corrected chi connectivity index (χ3v) is 3.69. The van der Waals surface area contributed by atoms with Crippen LogP contribution in [-0.2, 0) is 17.6 Å². The van der Waals surface area contributed by atoms with Gasteiger partial charge in [0.2, 0.25) is 5.91 Å². The van der Waals surface area contributed by atoms with E-state index < -0.39 is 0 Å². The highest BCUT2D eigenvalue weighted by Gasteiger charge is 2.04. The second kappa shape index (κ2) is 7.24. The number of H-pyrrole nitrogens is 1. The fourth-order valence-corrected chi connectivity index (χ4v) is 2.25. The average Bonchev–Trinajstić information content (AvgIpc) is 2.83. The minimum atomic E-state index is 0.0660. The standard InChI is InChI=1S/C15H18BrN3O/c1-11-13(10-18-19-11)3-2-8-17-15(20)9-12-4-6-14(16)7-5-12/h4-7,10H,2-3,8-9H2,1H3,(H,17,20)(H,18,19). The van der Waals surface area contributed by atoms with E-state index >= 15 is 0 Å². The fourth-order valence-electron chi connectivity index (χ4n) is 1.98. The number of aromatic amines is 1. The van der Waals surface area contributed by atoms with Crippen molar-refractivity contribution in [2.45, 2.75) is 26.2 Å². The number of rotatable bonds is 6. The van der Waals surface area contributed by atoms with Gasteiger partial charge in [0, 0.05) is 16.7 Å². The third kappa shape index (κ3) is 4.49. The number of carbonyl (C=O) groups excluding carboxylic acids is 1. The van der Waals surface area contributed by atoms with Crippen molar-refractivity contribution in [1.82, 2.24) is 15.5 Å². The summed E-state index contributed by atoms with van der Waals surface area (Å²) >= 11 is 3.38. The zero-order chi connectivity index (χ0) is 14.4. The number of nitrogens with one attached hydrogen (secondary N) is 2. The largest absolute Gasteiger partial charge is 0.356 e. The van der Waals surface area contributed by atoms with Crippen LogP contribution >= 0.6 is 15.9 Å². The molecule has 0 unspecified atom stereocenters. The van der Waals surface area contributed by atoms with Crippen LogP contribution in [0.2, 0.25) is 0 Å². The van der Waals surface area contributed by atoms with Crippen LogP contribution in [0.1, 0.15) is 23.2 Å². The van der Waals surface area contributed by atoms with Gasteiger partial charge in [-0.3, -0.25) is 9.89 Å². The molecule has 1 aromatic carbocycles. The lowest BCUT2D eigenvalue weighted by Gasteiger charge is -2.05. The minimum absolute atomic E-state index is 0.0660. The molecule has 0 aliphatic carbocycles. The Morgan fingerprint density at radius 1 is 1.35 bits per heavy atom. The summed E-state index contributed by atoms with van der Waals surface area (Å²) in [6.45, 7) is 2.70. The van der Waals surface area contributed by atoms with E-state index in [-0.39, 0.29) is 5.91 Å². The number of nitrogens with zero attached hydrogens (tertiary/aromatic N) is 1. The lowest BCUT2D eigenvalue weighted by molar-refractivity contribution is -0.120. The van der Waals surface area contributed by atoms with Crippen LogP contribution in [0.3, 0.4) is 0 Å². The molecule has 0 aliphatic heterocycles. The molecule has 0 saturated carbocycles. The number of carbonyl (C=O) groups is 1. The number of aryl methyl sites for hydroxylation is 2. The predicted molar refractivity (Wildman–Crippen MR) is 82.5 cm³/mol. The van der Waals surface area contributed by atoms with Crippen LogP contribution in [0.4, 0.5) is 0 Å². The van der Waals surface area contributed by atoms with E-state index in [2.05, 4.69) is 31.4 Å². The van der Waals surface area contributed by atoms with E-state index in [0.29, 0.717) is 13.0 Å². The smallest absolute Gasteiger partial charge is 0.224 e. The van der Waals surface area contributed by atoms with Gasteiger partial charge < -0.3 is 5.32 Å². The van der Waals surface area contributed by atoms with Crippen molar-refractivity contribution in [3.05, 3.63) is 51.8 Å². The van der Waals surface area contributed by atoms with Gasteiger partial charge in [0.05, 0.1) is 12.6 Å². The highest BCUT2D eigenvalue weighted by molar-refractivity contribution is 9.10. The molecule has 1 heterocycles. The fraction of sp³-hybridized carbons (Fsp3) is 0.333. The molecule has 2 N–H and O–H groups in total. The van der Waals surface area contributed by atoms with Gasteiger partial charge in [0.15, 0.2) is 0 Å². The summed E-state index contributed by atoms with van der Waals surface area (Å²) in [6, 6.07) is 7.81. The Bertz CT molecular complexity index is 563. The maximum Gasteiger partial charge on any atom is 0.224 e. The second-order valence-corrected chi connectivity index (χ2v) is 5.69. The molecule has 2 rings (SSSR count). The van der Waals surface area contributed by atoms with Gasteiger partial charge in [-0.25, -0.2) is 0 Å². The first kappa shape index (κ1) is 14.8. The van der Waals surface area contributed by atoms with Crippen molar-refractivity contribution in [1.29, 1.82) is 0 Å². The monoisotopic (exact) mass is 335 g/mol. The van der Waals surface area contributed by atoms with Crippen molar-refractivity contribution < 1.29 is 4.79 Å². The van der Waals surface area contributed by atoms with Gasteiger partial charge in [-0.05, 0) is 43.0 Å². The zero-order valence-corrected chi connectivity index (χ0v) is 13.0. The van der Waals surface area contributed by atoms with Gasteiger partial charge in [-0.1, -0.05) is 28.1 Å². The predicted octanol–water partition coefficient (Wildman–Crippen LogP) is 2.77. The zero-order valence-electron chi connectivity index (χ0n) is 11.4. The van der Waals surface area contributed by atoms with E-state index in [1.807, 2.05) is 37.4 Å². The van der Waals surface area contributed by atoms with Crippen LogP contribution in [0.5, 0.6) is 0 Å². The number of amides is 1. The first-order valence-electron chi connectivity index (χ1n) is 6.65. The van der Waals surface area contributed by atoms with Crippen molar-refractivity contribution in [2.75, 3.05) is 6.54 Å². The Morgan fingerprint density at radius 3 is 2.75 bits per heavy atom. The van der Waals surface area contributed by atoms with Crippen molar-refractivity contribution in [3.63, 3.8) is 0 Å². The first-order chi connectivity index (χ1) is 9.65. The maximum absolute atomic E-state index is 11.8. The Hall–Kier alpha value is -1.62. The minimum Gasteiger partial charge on any atom is -0.356 e. The summed E-state index contributed by atoms with van der Waals surface area (Å²) in [5.41, 5.74) is 3.34. The summed E-state index contributed by atoms with van der Waals surface area (Å²) in [5.74, 6) is 0.0660. The summed E-state index contributed by atoms with van der Waals surface area (Å²) in [4.78, 5) is 11.8. The van der Waals surface area contributed by atoms with Gasteiger partial charge in [-0.15, -0.1) is 0 Å². The third-order valence-electron chi connectivity index (χ3n) is 3.16. The lowest BCUT2D eigenvalue weighted by atomic mass is 10.1. The van der Waals surface area contributed by atoms with Crippen LogP contribution in [-0.4, -0.2) is 22.6 Å². The molecule has 4 nitrogen and oxygen atoms in total. The van der Waals surface area contributed by atoms with E-state index in [0.717, 1.165) is 28.6 Å². The number of halogens is 1. The molecule has 0 radical (unpaired) electrons. The molecule has 2 aromatic rings. The van der Waals surface area contributed by atoms with Crippen molar-refractivity contribution in [2.24, 2.45) is 0 Å². The molecule has 20 heavy (non-hydrogen) atoms. The molecular weight excluding hydrogens is 318 g/mol. The lowest BCUT2D eigenvalue weighted by Crippen LogP contribution is -2.26. The average molecular weight is 336 g/mol.